The van der Waals surface area contributed by atoms with Crippen LogP contribution in [0, 0.1) is 0 Å². The molecule has 0 aliphatic rings. The molecule has 4 aromatic heterocycles. The lowest BCUT2D eigenvalue weighted by atomic mass is 10.0. The van der Waals surface area contributed by atoms with Gasteiger partial charge in [-0.2, -0.15) is 0 Å². The standard InChI is InChI=1S/C48H29N5O/c1-3-12-30(13-4-1)31-22-24-32(25-23-31)46-50-47(33-26-27-35-39(28-33)49-29-43-45(35)37-17-8-10-21-42(37)54-43)52-48(51-46)38-18-11-20-41-44(38)36-16-7-9-19-40(36)53(41)34-14-5-2-6-15-34/h1-29H. The number of pyridine rings is 1. The maximum absolute atomic E-state index is 6.14. The van der Waals surface area contributed by atoms with E-state index in [9.17, 15) is 0 Å². The van der Waals surface area contributed by atoms with Gasteiger partial charge in [0.05, 0.1) is 22.7 Å². The van der Waals surface area contributed by atoms with Gasteiger partial charge in [-0.1, -0.05) is 133 Å². The number of hydrogen-bond donors (Lipinski definition) is 0. The Labute approximate surface area is 309 Å². The summed E-state index contributed by atoms with van der Waals surface area (Å²) in [6.45, 7) is 0. The molecule has 0 N–H and O–H groups in total. The van der Waals surface area contributed by atoms with Gasteiger partial charge in [-0.15, -0.1) is 0 Å². The Kier molecular flexibility index (Phi) is 6.75. The summed E-state index contributed by atoms with van der Waals surface area (Å²) < 4.78 is 8.45. The third-order valence-electron chi connectivity index (χ3n) is 10.3. The molecular formula is C48H29N5O. The molecule has 252 valence electrons. The van der Waals surface area contributed by atoms with Crippen LogP contribution in [0.1, 0.15) is 0 Å². The van der Waals surface area contributed by atoms with E-state index >= 15 is 0 Å². The molecule has 0 bridgehead atoms. The molecule has 0 saturated carbocycles. The fourth-order valence-corrected chi connectivity index (χ4v) is 7.81. The van der Waals surface area contributed by atoms with E-state index in [2.05, 4.69) is 144 Å². The number of aromatic nitrogens is 5. The SMILES string of the molecule is c1ccc(-c2ccc(-c3nc(-c4ccc5c(c4)ncc4oc6ccccc6c45)nc(-c4cccc5c4c4ccccc4n5-c4ccccc4)n3)cc2)cc1. The summed E-state index contributed by atoms with van der Waals surface area (Å²) in [5.74, 6) is 1.78. The summed E-state index contributed by atoms with van der Waals surface area (Å²) in [4.78, 5) is 20.4. The van der Waals surface area contributed by atoms with Gasteiger partial charge in [-0.25, -0.2) is 15.0 Å². The fourth-order valence-electron chi connectivity index (χ4n) is 7.81. The van der Waals surface area contributed by atoms with Crippen molar-refractivity contribution in [2.24, 2.45) is 0 Å². The maximum atomic E-state index is 6.14. The Balaban J connectivity index is 1.14. The molecule has 11 aromatic rings. The van der Waals surface area contributed by atoms with Crippen LogP contribution in [0.4, 0.5) is 0 Å². The van der Waals surface area contributed by atoms with Gasteiger partial charge in [-0.05, 0) is 47.5 Å². The molecule has 0 unspecified atom stereocenters. The van der Waals surface area contributed by atoms with Crippen molar-refractivity contribution >= 4 is 54.6 Å². The first-order chi connectivity index (χ1) is 26.8. The van der Waals surface area contributed by atoms with Crippen LogP contribution in [0.3, 0.4) is 0 Å². The lowest BCUT2D eigenvalue weighted by molar-refractivity contribution is 0.667. The molecule has 0 aliphatic carbocycles. The Morgan fingerprint density at radius 3 is 1.87 bits per heavy atom. The Bertz CT molecular complexity index is 3200. The lowest BCUT2D eigenvalue weighted by Gasteiger charge is -2.11. The van der Waals surface area contributed by atoms with Gasteiger partial charge in [0, 0.05) is 49.3 Å². The van der Waals surface area contributed by atoms with Crippen LogP contribution in [-0.2, 0) is 0 Å². The van der Waals surface area contributed by atoms with Crippen LogP contribution in [0.25, 0.3) is 106 Å². The zero-order valence-corrected chi connectivity index (χ0v) is 28.9. The molecule has 6 nitrogen and oxygen atoms in total. The Morgan fingerprint density at radius 1 is 0.407 bits per heavy atom. The van der Waals surface area contributed by atoms with E-state index in [4.69, 9.17) is 24.4 Å². The zero-order chi connectivity index (χ0) is 35.6. The molecule has 6 heteroatoms. The van der Waals surface area contributed by atoms with Gasteiger partial charge in [0.2, 0.25) is 0 Å². The molecule has 4 heterocycles. The minimum absolute atomic E-state index is 0.576. The van der Waals surface area contributed by atoms with E-state index in [0.29, 0.717) is 17.5 Å². The van der Waals surface area contributed by atoms with Crippen molar-refractivity contribution in [2.45, 2.75) is 0 Å². The van der Waals surface area contributed by atoms with E-state index in [1.54, 1.807) is 0 Å². The first-order valence-electron chi connectivity index (χ1n) is 18.0. The van der Waals surface area contributed by atoms with Gasteiger partial charge >= 0.3 is 0 Å². The van der Waals surface area contributed by atoms with E-state index in [1.807, 2.05) is 36.5 Å². The molecule has 11 rings (SSSR count). The van der Waals surface area contributed by atoms with Crippen molar-refractivity contribution in [3.63, 3.8) is 0 Å². The maximum Gasteiger partial charge on any atom is 0.164 e. The highest BCUT2D eigenvalue weighted by molar-refractivity contribution is 6.18. The van der Waals surface area contributed by atoms with Crippen molar-refractivity contribution in [3.05, 3.63) is 176 Å². The molecule has 0 atom stereocenters. The van der Waals surface area contributed by atoms with E-state index in [0.717, 1.165) is 88.2 Å². The molecule has 0 radical (unpaired) electrons. The molecule has 0 spiro atoms. The third-order valence-corrected chi connectivity index (χ3v) is 10.3. The van der Waals surface area contributed by atoms with Crippen LogP contribution >= 0.6 is 0 Å². The predicted octanol–water partition coefficient (Wildman–Crippen LogP) is 12.1. The molecule has 0 amide bonds. The van der Waals surface area contributed by atoms with Crippen LogP contribution in [-0.4, -0.2) is 24.5 Å². The summed E-state index contributed by atoms with van der Waals surface area (Å²) in [6, 6.07) is 58.6. The van der Waals surface area contributed by atoms with Crippen LogP contribution < -0.4 is 0 Å². The highest BCUT2D eigenvalue weighted by Gasteiger charge is 2.20. The van der Waals surface area contributed by atoms with Gasteiger partial charge < -0.3 is 8.98 Å². The molecule has 0 aliphatic heterocycles. The third kappa shape index (κ3) is 4.81. The number of nitrogens with zero attached hydrogens (tertiary/aromatic N) is 5. The zero-order valence-electron chi connectivity index (χ0n) is 28.9. The number of fused-ring (bicyclic) bond motifs is 8. The minimum atomic E-state index is 0.576. The van der Waals surface area contributed by atoms with Crippen LogP contribution in [0.5, 0.6) is 0 Å². The second-order valence-electron chi connectivity index (χ2n) is 13.5. The fraction of sp³-hybridized carbons (Fsp3) is 0. The first kappa shape index (κ1) is 30.2. The monoisotopic (exact) mass is 691 g/mol. The second-order valence-corrected chi connectivity index (χ2v) is 13.5. The normalized spacial score (nSPS) is 11.7. The van der Waals surface area contributed by atoms with Crippen molar-refractivity contribution in [2.75, 3.05) is 0 Å². The average Bonchev–Trinajstić information content (AvgIpc) is 3.80. The number of rotatable bonds is 5. The molecular weight excluding hydrogens is 663 g/mol. The summed E-state index contributed by atoms with van der Waals surface area (Å²) in [6.07, 6.45) is 1.81. The Hall–Kier alpha value is -7.44. The average molecular weight is 692 g/mol. The smallest absolute Gasteiger partial charge is 0.164 e. The van der Waals surface area contributed by atoms with Gasteiger partial charge in [0.15, 0.2) is 23.1 Å². The summed E-state index contributed by atoms with van der Waals surface area (Å²) in [5.41, 5.74) is 10.7. The topological polar surface area (TPSA) is 69.6 Å². The number of hydrogen-bond acceptors (Lipinski definition) is 5. The minimum Gasteiger partial charge on any atom is -0.454 e. The van der Waals surface area contributed by atoms with Gasteiger partial charge in [0.1, 0.15) is 5.58 Å². The lowest BCUT2D eigenvalue weighted by Crippen LogP contribution is -2.01. The van der Waals surface area contributed by atoms with Crippen molar-refractivity contribution in [1.82, 2.24) is 24.5 Å². The van der Waals surface area contributed by atoms with Crippen LogP contribution in [0.2, 0.25) is 0 Å². The largest absolute Gasteiger partial charge is 0.454 e. The molecule has 54 heavy (non-hydrogen) atoms. The van der Waals surface area contributed by atoms with Gasteiger partial charge in [-0.3, -0.25) is 4.98 Å². The van der Waals surface area contributed by atoms with Gasteiger partial charge in [0.25, 0.3) is 0 Å². The number of benzene rings is 7. The van der Waals surface area contributed by atoms with E-state index in [1.165, 1.54) is 0 Å². The highest BCUT2D eigenvalue weighted by Crippen LogP contribution is 2.39. The van der Waals surface area contributed by atoms with Crippen molar-refractivity contribution in [3.8, 4) is 51.0 Å². The van der Waals surface area contributed by atoms with E-state index in [-0.39, 0.29) is 0 Å². The molecule has 0 saturated heterocycles. The predicted molar refractivity (Wildman–Crippen MR) is 218 cm³/mol. The quantitative estimate of drug-likeness (QED) is 0.180. The number of furan rings is 1. The summed E-state index contributed by atoms with van der Waals surface area (Å²) >= 11 is 0. The highest BCUT2D eigenvalue weighted by atomic mass is 16.3. The van der Waals surface area contributed by atoms with E-state index < -0.39 is 0 Å². The Morgan fingerprint density at radius 2 is 1.04 bits per heavy atom. The second kappa shape index (κ2) is 12.1. The molecule has 7 aromatic carbocycles. The summed E-state index contributed by atoms with van der Waals surface area (Å²) in [5, 5.41) is 5.37. The van der Waals surface area contributed by atoms with Crippen molar-refractivity contribution in [1.29, 1.82) is 0 Å². The number of para-hydroxylation sites is 3. The first-order valence-corrected chi connectivity index (χ1v) is 18.0. The van der Waals surface area contributed by atoms with Crippen molar-refractivity contribution < 1.29 is 4.42 Å². The van der Waals surface area contributed by atoms with Crippen LogP contribution in [0.15, 0.2) is 180 Å². The summed E-state index contributed by atoms with van der Waals surface area (Å²) in [7, 11) is 0. The molecule has 0 fully saturated rings.